The lowest BCUT2D eigenvalue weighted by Gasteiger charge is -2.14. The van der Waals surface area contributed by atoms with Gasteiger partial charge in [-0.05, 0) is 37.6 Å². The molecule has 0 radical (unpaired) electrons. The third-order valence-corrected chi connectivity index (χ3v) is 3.03. The van der Waals surface area contributed by atoms with Gasteiger partial charge in [0, 0.05) is 16.9 Å². The fourth-order valence-electron chi connectivity index (χ4n) is 1.53. The Morgan fingerprint density at radius 1 is 1.59 bits per heavy atom. The number of oxime groups is 1. The van der Waals surface area contributed by atoms with E-state index in [9.17, 15) is 0 Å². The highest BCUT2D eigenvalue weighted by molar-refractivity contribution is 9.10. The predicted octanol–water partition coefficient (Wildman–Crippen LogP) is 2.63. The maximum atomic E-state index is 8.39. The van der Waals surface area contributed by atoms with Gasteiger partial charge in [-0.3, -0.25) is 0 Å². The zero-order chi connectivity index (χ0) is 12.7. The molecule has 0 saturated carbocycles. The van der Waals surface area contributed by atoms with Crippen molar-refractivity contribution in [3.8, 4) is 0 Å². The van der Waals surface area contributed by atoms with Crippen LogP contribution >= 0.6 is 15.9 Å². The van der Waals surface area contributed by atoms with Crippen molar-refractivity contribution in [2.45, 2.75) is 25.8 Å². The third kappa shape index (κ3) is 5.19. The number of rotatable bonds is 6. The minimum absolute atomic E-state index is 0.280. The Balaban J connectivity index is 2.32. The summed E-state index contributed by atoms with van der Waals surface area (Å²) in [6.45, 7) is 2.95. The molecule has 0 heterocycles. The second-order valence-corrected chi connectivity index (χ2v) is 4.84. The van der Waals surface area contributed by atoms with Gasteiger partial charge in [0.15, 0.2) is 0 Å². The van der Waals surface area contributed by atoms with Crippen LogP contribution in [0.15, 0.2) is 33.9 Å². The van der Waals surface area contributed by atoms with Gasteiger partial charge in [0.2, 0.25) is 0 Å². The molecule has 0 aliphatic carbocycles. The highest BCUT2D eigenvalue weighted by Crippen LogP contribution is 2.17. The molecule has 5 heteroatoms. The van der Waals surface area contributed by atoms with E-state index in [-0.39, 0.29) is 5.84 Å². The second kappa shape index (κ2) is 7.29. The highest BCUT2D eigenvalue weighted by atomic mass is 79.9. The van der Waals surface area contributed by atoms with E-state index in [1.165, 1.54) is 5.56 Å². The van der Waals surface area contributed by atoms with Crippen molar-refractivity contribution in [3.63, 3.8) is 0 Å². The molecule has 0 aliphatic heterocycles. The van der Waals surface area contributed by atoms with Gasteiger partial charge in [0.1, 0.15) is 5.84 Å². The molecule has 0 aromatic heterocycles. The van der Waals surface area contributed by atoms with Gasteiger partial charge < -0.3 is 16.3 Å². The van der Waals surface area contributed by atoms with E-state index in [4.69, 9.17) is 10.9 Å². The molecule has 0 fully saturated rings. The van der Waals surface area contributed by atoms with Crippen molar-refractivity contribution in [2.75, 3.05) is 6.54 Å². The van der Waals surface area contributed by atoms with Gasteiger partial charge in [-0.2, -0.15) is 0 Å². The molecule has 4 N–H and O–H groups in total. The van der Waals surface area contributed by atoms with Crippen LogP contribution in [-0.2, 0) is 0 Å². The molecular weight excluding hydrogens is 282 g/mol. The van der Waals surface area contributed by atoms with Crippen molar-refractivity contribution in [1.29, 1.82) is 0 Å². The van der Waals surface area contributed by atoms with E-state index in [1.54, 1.807) is 0 Å². The Morgan fingerprint density at radius 2 is 2.35 bits per heavy atom. The van der Waals surface area contributed by atoms with Gasteiger partial charge >= 0.3 is 0 Å². The first-order valence-corrected chi connectivity index (χ1v) is 6.38. The van der Waals surface area contributed by atoms with E-state index in [1.807, 2.05) is 12.1 Å². The lowest BCUT2D eigenvalue weighted by molar-refractivity contribution is 0.316. The molecule has 0 aliphatic rings. The SMILES string of the molecule is C[C@H](NCCC/C(N)=N/O)c1cccc(Br)c1. The van der Waals surface area contributed by atoms with Gasteiger partial charge in [0.25, 0.3) is 0 Å². The highest BCUT2D eigenvalue weighted by Gasteiger charge is 2.04. The Kier molecular flexibility index (Phi) is 6.00. The number of halogens is 1. The molecule has 0 bridgehead atoms. The standard InChI is InChI=1S/C12H18BrN3O/c1-9(10-4-2-5-11(13)8-10)15-7-3-6-12(14)16-17/h2,4-5,8-9,15,17H,3,6-7H2,1H3,(H2,14,16)/t9-/m0/s1. The monoisotopic (exact) mass is 299 g/mol. The van der Waals surface area contributed by atoms with Crippen LogP contribution in [0.25, 0.3) is 0 Å². The quantitative estimate of drug-likeness (QED) is 0.249. The molecule has 1 aromatic rings. The van der Waals surface area contributed by atoms with Crippen LogP contribution in [-0.4, -0.2) is 17.6 Å². The zero-order valence-electron chi connectivity index (χ0n) is 9.86. The number of nitrogens with zero attached hydrogens (tertiary/aromatic N) is 1. The first-order chi connectivity index (χ1) is 8.13. The molecule has 1 rings (SSSR count). The summed E-state index contributed by atoms with van der Waals surface area (Å²) < 4.78 is 1.08. The maximum absolute atomic E-state index is 8.39. The Labute approximate surface area is 110 Å². The summed E-state index contributed by atoms with van der Waals surface area (Å²) in [4.78, 5) is 0. The van der Waals surface area contributed by atoms with Crippen LogP contribution in [0.2, 0.25) is 0 Å². The van der Waals surface area contributed by atoms with Gasteiger partial charge in [-0.25, -0.2) is 0 Å². The van der Waals surface area contributed by atoms with E-state index in [0.717, 1.165) is 17.4 Å². The minimum atomic E-state index is 0.280. The van der Waals surface area contributed by atoms with Crippen LogP contribution in [0, 0.1) is 0 Å². The predicted molar refractivity (Wildman–Crippen MR) is 73.2 cm³/mol. The van der Waals surface area contributed by atoms with Crippen LogP contribution in [0.1, 0.15) is 31.4 Å². The van der Waals surface area contributed by atoms with Gasteiger partial charge in [-0.15, -0.1) is 0 Å². The molecule has 0 saturated heterocycles. The Morgan fingerprint density at radius 3 is 3.00 bits per heavy atom. The number of hydrogen-bond donors (Lipinski definition) is 3. The van der Waals surface area contributed by atoms with Crippen molar-refractivity contribution in [2.24, 2.45) is 10.9 Å². The lowest BCUT2D eigenvalue weighted by atomic mass is 10.1. The van der Waals surface area contributed by atoms with E-state index >= 15 is 0 Å². The Hall–Kier alpha value is -1.07. The van der Waals surface area contributed by atoms with E-state index in [0.29, 0.717) is 12.5 Å². The van der Waals surface area contributed by atoms with Crippen LogP contribution in [0.3, 0.4) is 0 Å². The molecule has 0 unspecified atom stereocenters. The third-order valence-electron chi connectivity index (χ3n) is 2.54. The van der Waals surface area contributed by atoms with Crippen LogP contribution in [0.5, 0.6) is 0 Å². The summed E-state index contributed by atoms with van der Waals surface area (Å²) in [7, 11) is 0. The molecule has 94 valence electrons. The number of benzene rings is 1. The molecular formula is C12H18BrN3O. The normalized spacial score (nSPS) is 13.6. The van der Waals surface area contributed by atoms with Crippen molar-refractivity contribution in [3.05, 3.63) is 34.3 Å². The lowest BCUT2D eigenvalue weighted by Crippen LogP contribution is -2.21. The summed E-state index contributed by atoms with van der Waals surface area (Å²) in [5.41, 5.74) is 6.63. The van der Waals surface area contributed by atoms with Gasteiger partial charge in [-0.1, -0.05) is 33.2 Å². The molecule has 1 aromatic carbocycles. The Bertz CT molecular complexity index is 382. The first kappa shape index (κ1) is 14.0. The van der Waals surface area contributed by atoms with Crippen molar-refractivity contribution >= 4 is 21.8 Å². The smallest absolute Gasteiger partial charge is 0.139 e. The zero-order valence-corrected chi connectivity index (χ0v) is 11.4. The number of hydrogen-bond acceptors (Lipinski definition) is 3. The average molecular weight is 300 g/mol. The summed E-state index contributed by atoms with van der Waals surface area (Å²) in [6.07, 6.45) is 1.46. The van der Waals surface area contributed by atoms with E-state index in [2.05, 4.69) is 45.5 Å². The summed E-state index contributed by atoms with van der Waals surface area (Å²) in [5, 5.41) is 14.7. The summed E-state index contributed by atoms with van der Waals surface area (Å²) in [6, 6.07) is 8.51. The molecule has 0 spiro atoms. The van der Waals surface area contributed by atoms with Crippen molar-refractivity contribution in [1.82, 2.24) is 5.32 Å². The topological polar surface area (TPSA) is 70.6 Å². The summed E-state index contributed by atoms with van der Waals surface area (Å²) in [5.74, 6) is 0.280. The first-order valence-electron chi connectivity index (χ1n) is 5.58. The van der Waals surface area contributed by atoms with Gasteiger partial charge in [0.05, 0.1) is 0 Å². The van der Waals surface area contributed by atoms with Crippen molar-refractivity contribution < 1.29 is 5.21 Å². The minimum Gasteiger partial charge on any atom is -0.409 e. The van der Waals surface area contributed by atoms with Crippen LogP contribution < -0.4 is 11.1 Å². The maximum Gasteiger partial charge on any atom is 0.139 e. The molecule has 1 atom stereocenters. The average Bonchev–Trinajstić information content (AvgIpc) is 2.34. The number of amidine groups is 1. The number of nitrogens with two attached hydrogens (primary N) is 1. The fourth-order valence-corrected chi connectivity index (χ4v) is 1.95. The largest absolute Gasteiger partial charge is 0.409 e. The van der Waals surface area contributed by atoms with E-state index < -0.39 is 0 Å². The molecule has 0 amide bonds. The van der Waals surface area contributed by atoms with Crippen LogP contribution in [0.4, 0.5) is 0 Å². The number of nitrogens with one attached hydrogen (secondary N) is 1. The fraction of sp³-hybridized carbons (Fsp3) is 0.417. The second-order valence-electron chi connectivity index (χ2n) is 3.93. The molecule has 17 heavy (non-hydrogen) atoms. The summed E-state index contributed by atoms with van der Waals surface area (Å²) >= 11 is 3.45. The molecule has 4 nitrogen and oxygen atoms in total.